The Labute approximate surface area is 165 Å². The van der Waals surface area contributed by atoms with Crippen LogP contribution in [0.3, 0.4) is 0 Å². The fourth-order valence-corrected chi connectivity index (χ4v) is 2.24. The van der Waals surface area contributed by atoms with Gasteiger partial charge in [-0.15, -0.1) is 0 Å². The summed E-state index contributed by atoms with van der Waals surface area (Å²) in [4.78, 5) is 0. The third-order valence-electron chi connectivity index (χ3n) is 3.58. The van der Waals surface area contributed by atoms with Crippen LogP contribution in [0.1, 0.15) is 37.5 Å². The summed E-state index contributed by atoms with van der Waals surface area (Å²) in [6.45, 7) is 9.88. The summed E-state index contributed by atoms with van der Waals surface area (Å²) in [6.07, 6.45) is 8.24. The monoisotopic (exact) mass is 354 g/mol. The van der Waals surface area contributed by atoms with Crippen LogP contribution in [-0.2, 0) is 0 Å². The van der Waals surface area contributed by atoms with Crippen molar-refractivity contribution in [1.82, 2.24) is 0 Å². The lowest BCUT2D eigenvalue weighted by Gasteiger charge is -1.94. The first-order valence-corrected chi connectivity index (χ1v) is 9.23. The van der Waals surface area contributed by atoms with Crippen molar-refractivity contribution >= 4 is 17.7 Å². The minimum atomic E-state index is 1.12. The molecule has 0 saturated carbocycles. The summed E-state index contributed by atoms with van der Waals surface area (Å²) >= 11 is 0. The molecule has 3 rings (SSSR count). The molecule has 0 amide bonds. The van der Waals surface area contributed by atoms with Crippen LogP contribution in [0.5, 0.6) is 0 Å². The fourth-order valence-electron chi connectivity index (χ4n) is 2.24. The van der Waals surface area contributed by atoms with E-state index < -0.39 is 0 Å². The van der Waals surface area contributed by atoms with Crippen LogP contribution in [0.2, 0.25) is 0 Å². The Kier molecular flexibility index (Phi) is 11.4. The quantitative estimate of drug-likeness (QED) is 0.445. The second-order valence-corrected chi connectivity index (χ2v) is 5.97. The standard InChI is InChI=1S/3C9H10/c1-8(2)9-6-4-3-5-7-9;2*1-2-6-9-7-4-3-5-8-9/h3-7H,1H2,2H3;2*2-8H,1H3/b;6-2+;6-2-. The van der Waals surface area contributed by atoms with Crippen molar-refractivity contribution in [2.75, 3.05) is 0 Å². The number of hydrogen-bond donors (Lipinski definition) is 0. The Morgan fingerprint density at radius 1 is 0.593 bits per heavy atom. The molecule has 0 bridgehead atoms. The number of benzene rings is 3. The molecule has 0 aliphatic carbocycles. The molecule has 0 heterocycles. The van der Waals surface area contributed by atoms with E-state index >= 15 is 0 Å². The van der Waals surface area contributed by atoms with Crippen molar-refractivity contribution in [3.05, 3.63) is 126 Å². The number of allylic oxidation sites excluding steroid dienone is 3. The molecule has 0 spiro atoms. The summed E-state index contributed by atoms with van der Waals surface area (Å²) < 4.78 is 0. The molecule has 0 aliphatic heterocycles. The Morgan fingerprint density at radius 3 is 1.19 bits per heavy atom. The molecule has 138 valence electrons. The first-order valence-electron chi connectivity index (χ1n) is 9.23. The highest BCUT2D eigenvalue weighted by Gasteiger charge is 1.86. The van der Waals surface area contributed by atoms with Crippen molar-refractivity contribution in [1.29, 1.82) is 0 Å². The van der Waals surface area contributed by atoms with Crippen LogP contribution < -0.4 is 0 Å². The Balaban J connectivity index is 0.000000202. The van der Waals surface area contributed by atoms with Crippen LogP contribution in [0.4, 0.5) is 0 Å². The Hall–Kier alpha value is -3.12. The first-order chi connectivity index (χ1) is 13.2. The van der Waals surface area contributed by atoms with Gasteiger partial charge in [0.2, 0.25) is 0 Å². The molecule has 0 fully saturated rings. The summed E-state index contributed by atoms with van der Waals surface area (Å²) in [7, 11) is 0. The van der Waals surface area contributed by atoms with Gasteiger partial charge in [-0.1, -0.05) is 127 Å². The zero-order valence-corrected chi connectivity index (χ0v) is 16.7. The third-order valence-corrected chi connectivity index (χ3v) is 3.58. The molecule has 0 aromatic heterocycles. The Morgan fingerprint density at radius 2 is 0.926 bits per heavy atom. The van der Waals surface area contributed by atoms with Crippen LogP contribution in [0, 0.1) is 0 Å². The minimum absolute atomic E-state index is 1.12. The van der Waals surface area contributed by atoms with Gasteiger partial charge < -0.3 is 0 Å². The zero-order valence-electron chi connectivity index (χ0n) is 16.7. The van der Waals surface area contributed by atoms with Crippen molar-refractivity contribution in [2.24, 2.45) is 0 Å². The molecule has 3 aromatic carbocycles. The summed E-state index contributed by atoms with van der Waals surface area (Å²) in [5.74, 6) is 0. The largest absolute Gasteiger partial charge is 0.0955 e. The Bertz CT molecular complexity index is 747. The van der Waals surface area contributed by atoms with Crippen LogP contribution in [-0.4, -0.2) is 0 Å². The molecule has 0 radical (unpaired) electrons. The van der Waals surface area contributed by atoms with Crippen LogP contribution in [0.15, 0.2) is 110 Å². The predicted molar refractivity (Wildman–Crippen MR) is 123 cm³/mol. The second kappa shape index (κ2) is 14.1. The highest BCUT2D eigenvalue weighted by molar-refractivity contribution is 5.60. The molecule has 0 aliphatic rings. The molecule has 0 unspecified atom stereocenters. The summed E-state index contributed by atoms with van der Waals surface area (Å²) in [5, 5.41) is 0. The summed E-state index contributed by atoms with van der Waals surface area (Å²) in [6, 6.07) is 30.7. The molecule has 0 heteroatoms. The maximum Gasteiger partial charge on any atom is -0.0233 e. The van der Waals surface area contributed by atoms with E-state index in [-0.39, 0.29) is 0 Å². The van der Waals surface area contributed by atoms with Crippen molar-refractivity contribution < 1.29 is 0 Å². The molecular formula is C27H30. The van der Waals surface area contributed by atoms with Gasteiger partial charge in [0.25, 0.3) is 0 Å². The van der Waals surface area contributed by atoms with Crippen LogP contribution in [0.25, 0.3) is 17.7 Å². The average molecular weight is 355 g/mol. The second-order valence-electron chi connectivity index (χ2n) is 5.97. The molecule has 0 nitrogen and oxygen atoms in total. The van der Waals surface area contributed by atoms with Gasteiger partial charge in [-0.2, -0.15) is 0 Å². The number of rotatable bonds is 3. The lowest BCUT2D eigenvalue weighted by atomic mass is 10.1. The highest BCUT2D eigenvalue weighted by Crippen LogP contribution is 2.08. The number of hydrogen-bond acceptors (Lipinski definition) is 0. The first kappa shape index (κ1) is 21.9. The summed E-state index contributed by atoms with van der Waals surface area (Å²) in [5.41, 5.74) is 4.87. The van der Waals surface area contributed by atoms with Gasteiger partial charge in [-0.3, -0.25) is 0 Å². The normalized spacial score (nSPS) is 9.89. The smallest absolute Gasteiger partial charge is 0.0233 e. The molecule has 27 heavy (non-hydrogen) atoms. The van der Waals surface area contributed by atoms with Gasteiger partial charge in [-0.25, -0.2) is 0 Å². The van der Waals surface area contributed by atoms with Gasteiger partial charge in [0.05, 0.1) is 0 Å². The van der Waals surface area contributed by atoms with E-state index in [4.69, 9.17) is 0 Å². The predicted octanol–water partition coefficient (Wildman–Crippen LogP) is 8.16. The lowest BCUT2D eigenvalue weighted by Crippen LogP contribution is -1.72. The highest BCUT2D eigenvalue weighted by atomic mass is 13.9. The zero-order chi connectivity index (χ0) is 19.7. The van der Waals surface area contributed by atoms with E-state index in [1.807, 2.05) is 87.5 Å². The average Bonchev–Trinajstić information content (AvgIpc) is 2.72. The molecule has 0 atom stereocenters. The molecule has 0 N–H and O–H groups in total. The molecular weight excluding hydrogens is 324 g/mol. The van der Waals surface area contributed by atoms with Gasteiger partial charge >= 0.3 is 0 Å². The van der Waals surface area contributed by atoms with E-state index in [0.29, 0.717) is 0 Å². The molecule has 3 aromatic rings. The van der Waals surface area contributed by atoms with Crippen molar-refractivity contribution in [3.8, 4) is 0 Å². The van der Waals surface area contributed by atoms with Crippen molar-refractivity contribution in [3.63, 3.8) is 0 Å². The van der Waals surface area contributed by atoms with Crippen LogP contribution >= 0.6 is 0 Å². The van der Waals surface area contributed by atoms with E-state index in [9.17, 15) is 0 Å². The van der Waals surface area contributed by atoms with Crippen molar-refractivity contribution in [2.45, 2.75) is 20.8 Å². The maximum absolute atomic E-state index is 3.83. The molecule has 0 saturated heterocycles. The van der Waals surface area contributed by atoms with Gasteiger partial charge in [0.15, 0.2) is 0 Å². The van der Waals surface area contributed by atoms with Gasteiger partial charge in [-0.05, 0) is 37.5 Å². The SMILES string of the molecule is C/C=C/c1ccccc1.C/C=C\c1ccccc1.C=C(C)c1ccccc1. The van der Waals surface area contributed by atoms with Gasteiger partial charge in [0.1, 0.15) is 0 Å². The third kappa shape index (κ3) is 10.5. The minimum Gasteiger partial charge on any atom is -0.0955 e. The van der Waals surface area contributed by atoms with E-state index in [1.54, 1.807) is 0 Å². The van der Waals surface area contributed by atoms with E-state index in [0.717, 1.165) is 5.57 Å². The van der Waals surface area contributed by atoms with Gasteiger partial charge in [0, 0.05) is 0 Å². The lowest BCUT2D eigenvalue weighted by molar-refractivity contribution is 1.58. The van der Waals surface area contributed by atoms with E-state index in [2.05, 4.69) is 55.1 Å². The fraction of sp³-hybridized carbons (Fsp3) is 0.111. The topological polar surface area (TPSA) is 0 Å². The van der Waals surface area contributed by atoms with E-state index in [1.165, 1.54) is 16.7 Å². The maximum atomic E-state index is 3.83.